The summed E-state index contributed by atoms with van der Waals surface area (Å²) in [6, 6.07) is 11.2. The third-order valence-corrected chi connectivity index (χ3v) is 3.35. The van der Waals surface area contributed by atoms with Gasteiger partial charge in [-0.05, 0) is 30.2 Å². The quantitative estimate of drug-likeness (QED) is 0.833. The Balaban J connectivity index is 1.86. The molecule has 1 aromatic heterocycles. The molecule has 4 nitrogen and oxygen atoms in total. The molecule has 3 rings (SSSR count). The number of hydrogen-bond acceptors (Lipinski definition) is 4. The molecule has 1 aliphatic rings. The van der Waals surface area contributed by atoms with Crippen molar-refractivity contribution in [1.29, 1.82) is 0 Å². The Morgan fingerprint density at radius 3 is 2.95 bits per heavy atom. The number of para-hydroxylation sites is 1. The van der Waals surface area contributed by atoms with Gasteiger partial charge in [0, 0.05) is 6.20 Å². The van der Waals surface area contributed by atoms with Crippen LogP contribution < -0.4 is 10.5 Å². The zero-order valence-electron chi connectivity index (χ0n) is 10.4. The van der Waals surface area contributed by atoms with Gasteiger partial charge in [-0.25, -0.2) is 4.98 Å². The number of carbonyl (C=O) groups is 1. The molecule has 0 radical (unpaired) electrons. The lowest BCUT2D eigenvalue weighted by molar-refractivity contribution is 0.0856. The maximum absolute atomic E-state index is 12.4. The van der Waals surface area contributed by atoms with E-state index in [4.69, 9.17) is 10.5 Å². The molecule has 0 aliphatic carbocycles. The van der Waals surface area contributed by atoms with Crippen LogP contribution in [-0.2, 0) is 6.42 Å². The molecule has 2 N–H and O–H groups in total. The van der Waals surface area contributed by atoms with E-state index in [0.29, 0.717) is 18.6 Å². The summed E-state index contributed by atoms with van der Waals surface area (Å²) in [4.78, 5) is 16.4. The number of fused-ring (bicyclic) bond motifs is 1. The van der Waals surface area contributed by atoms with Crippen LogP contribution in [0, 0.1) is 5.92 Å². The third kappa shape index (κ3) is 2.17. The van der Waals surface area contributed by atoms with Crippen molar-refractivity contribution in [2.24, 2.45) is 5.92 Å². The summed E-state index contributed by atoms with van der Waals surface area (Å²) in [6.45, 7) is 0.393. The topological polar surface area (TPSA) is 65.2 Å². The zero-order valence-corrected chi connectivity index (χ0v) is 10.4. The number of anilines is 1. The first-order valence-electron chi connectivity index (χ1n) is 6.21. The molecule has 19 heavy (non-hydrogen) atoms. The summed E-state index contributed by atoms with van der Waals surface area (Å²) < 4.78 is 5.64. The van der Waals surface area contributed by atoms with E-state index >= 15 is 0 Å². The van der Waals surface area contributed by atoms with Crippen molar-refractivity contribution in [3.63, 3.8) is 0 Å². The number of benzene rings is 1. The number of nitrogens with zero attached hydrogens (tertiary/aromatic N) is 1. The minimum absolute atomic E-state index is 0.0000954. The van der Waals surface area contributed by atoms with Crippen molar-refractivity contribution in [2.75, 3.05) is 12.3 Å². The highest BCUT2D eigenvalue weighted by molar-refractivity contribution is 6.01. The first kappa shape index (κ1) is 11.7. The fourth-order valence-electron chi connectivity index (χ4n) is 2.34. The van der Waals surface area contributed by atoms with Gasteiger partial charge in [0.2, 0.25) is 0 Å². The molecule has 0 fully saturated rings. The van der Waals surface area contributed by atoms with E-state index in [1.54, 1.807) is 18.3 Å². The minimum Gasteiger partial charge on any atom is -0.493 e. The molecule has 0 saturated carbocycles. The molecule has 1 aliphatic heterocycles. The van der Waals surface area contributed by atoms with Crippen LogP contribution in [0.25, 0.3) is 0 Å². The number of hydrogen-bond donors (Lipinski definition) is 1. The lowest BCUT2D eigenvalue weighted by Crippen LogP contribution is -2.28. The van der Waals surface area contributed by atoms with Crippen molar-refractivity contribution in [1.82, 2.24) is 4.98 Å². The fraction of sp³-hybridized carbons (Fsp3) is 0.200. The van der Waals surface area contributed by atoms with Gasteiger partial charge in [0.05, 0.1) is 18.1 Å². The molecule has 1 atom stereocenters. The SMILES string of the molecule is Nc1ncccc1C(=O)C1COc2ccccc2C1. The molecular formula is C15H14N2O2. The Hall–Kier alpha value is -2.36. The van der Waals surface area contributed by atoms with E-state index < -0.39 is 0 Å². The molecule has 0 saturated heterocycles. The second-order valence-corrected chi connectivity index (χ2v) is 4.62. The Morgan fingerprint density at radius 2 is 2.11 bits per heavy atom. The molecular weight excluding hydrogens is 240 g/mol. The van der Waals surface area contributed by atoms with E-state index in [9.17, 15) is 4.79 Å². The molecule has 0 amide bonds. The second kappa shape index (κ2) is 4.72. The predicted octanol–water partition coefficient (Wildman–Crippen LogP) is 2.10. The average Bonchev–Trinajstić information content (AvgIpc) is 2.46. The van der Waals surface area contributed by atoms with Gasteiger partial charge in [0.25, 0.3) is 0 Å². The smallest absolute Gasteiger partial charge is 0.173 e. The molecule has 2 heterocycles. The van der Waals surface area contributed by atoms with Gasteiger partial charge in [0.15, 0.2) is 5.78 Å². The maximum atomic E-state index is 12.4. The molecule has 2 aromatic rings. The number of ether oxygens (including phenoxy) is 1. The van der Waals surface area contributed by atoms with Crippen molar-refractivity contribution in [3.05, 3.63) is 53.7 Å². The van der Waals surface area contributed by atoms with Gasteiger partial charge in [-0.15, -0.1) is 0 Å². The van der Waals surface area contributed by atoms with Crippen LogP contribution in [0.5, 0.6) is 5.75 Å². The first-order chi connectivity index (χ1) is 9.25. The van der Waals surface area contributed by atoms with Crippen LogP contribution in [0.3, 0.4) is 0 Å². The van der Waals surface area contributed by atoms with E-state index in [1.165, 1.54) is 0 Å². The predicted molar refractivity (Wildman–Crippen MR) is 72.1 cm³/mol. The summed E-state index contributed by atoms with van der Waals surface area (Å²) in [7, 11) is 0. The molecule has 0 spiro atoms. The standard InChI is InChI=1S/C15H14N2O2/c16-15-12(5-3-7-17-15)14(18)11-8-10-4-1-2-6-13(10)19-9-11/h1-7,11H,8-9H2,(H2,16,17). The van der Waals surface area contributed by atoms with Gasteiger partial charge in [-0.3, -0.25) is 4.79 Å². The number of pyridine rings is 1. The number of rotatable bonds is 2. The van der Waals surface area contributed by atoms with Crippen LogP contribution in [0.2, 0.25) is 0 Å². The Morgan fingerprint density at radius 1 is 1.26 bits per heavy atom. The summed E-state index contributed by atoms with van der Waals surface area (Å²) in [6.07, 6.45) is 2.27. The number of nitrogens with two attached hydrogens (primary N) is 1. The molecule has 1 unspecified atom stereocenters. The van der Waals surface area contributed by atoms with Crippen molar-refractivity contribution in [2.45, 2.75) is 6.42 Å². The molecule has 0 bridgehead atoms. The number of ketones is 1. The monoisotopic (exact) mass is 254 g/mol. The molecule has 96 valence electrons. The average molecular weight is 254 g/mol. The molecule has 1 aromatic carbocycles. The summed E-state index contributed by atoms with van der Waals surface area (Å²) in [5.41, 5.74) is 7.30. The van der Waals surface area contributed by atoms with Crippen molar-refractivity contribution in [3.8, 4) is 5.75 Å². The van der Waals surface area contributed by atoms with E-state index in [2.05, 4.69) is 4.98 Å². The summed E-state index contributed by atoms with van der Waals surface area (Å²) in [5, 5.41) is 0. The highest BCUT2D eigenvalue weighted by Gasteiger charge is 2.27. The Labute approximate surface area is 111 Å². The zero-order chi connectivity index (χ0) is 13.2. The van der Waals surface area contributed by atoms with Crippen LogP contribution in [0.4, 0.5) is 5.82 Å². The first-order valence-corrected chi connectivity index (χ1v) is 6.21. The van der Waals surface area contributed by atoms with Crippen molar-refractivity contribution < 1.29 is 9.53 Å². The van der Waals surface area contributed by atoms with E-state index in [0.717, 1.165) is 11.3 Å². The minimum atomic E-state index is -0.193. The molecule has 4 heteroatoms. The van der Waals surface area contributed by atoms with Gasteiger partial charge >= 0.3 is 0 Å². The lowest BCUT2D eigenvalue weighted by Gasteiger charge is -2.24. The third-order valence-electron chi connectivity index (χ3n) is 3.35. The number of nitrogen functional groups attached to an aromatic ring is 1. The van der Waals surface area contributed by atoms with E-state index in [1.807, 2.05) is 24.3 Å². The van der Waals surface area contributed by atoms with Crippen LogP contribution >= 0.6 is 0 Å². The van der Waals surface area contributed by atoms with Crippen LogP contribution in [-0.4, -0.2) is 17.4 Å². The Bertz CT molecular complexity index is 625. The maximum Gasteiger partial charge on any atom is 0.173 e. The normalized spacial score (nSPS) is 17.4. The fourth-order valence-corrected chi connectivity index (χ4v) is 2.34. The van der Waals surface area contributed by atoms with Gasteiger partial charge in [-0.2, -0.15) is 0 Å². The highest BCUT2D eigenvalue weighted by atomic mass is 16.5. The number of Topliss-reactive ketones (excluding diaryl/α,β-unsaturated/α-hetero) is 1. The largest absolute Gasteiger partial charge is 0.493 e. The lowest BCUT2D eigenvalue weighted by atomic mass is 9.90. The van der Waals surface area contributed by atoms with Crippen LogP contribution in [0.1, 0.15) is 15.9 Å². The summed E-state index contributed by atoms with van der Waals surface area (Å²) >= 11 is 0. The van der Waals surface area contributed by atoms with Crippen molar-refractivity contribution >= 4 is 11.6 Å². The van der Waals surface area contributed by atoms with Gasteiger partial charge in [-0.1, -0.05) is 18.2 Å². The van der Waals surface area contributed by atoms with Crippen LogP contribution in [0.15, 0.2) is 42.6 Å². The van der Waals surface area contributed by atoms with Gasteiger partial charge in [0.1, 0.15) is 11.6 Å². The summed E-state index contributed by atoms with van der Waals surface area (Å²) in [5.74, 6) is 0.957. The number of carbonyl (C=O) groups excluding carboxylic acids is 1. The van der Waals surface area contributed by atoms with Gasteiger partial charge < -0.3 is 10.5 Å². The number of aromatic nitrogens is 1. The highest BCUT2D eigenvalue weighted by Crippen LogP contribution is 2.29. The Kier molecular flexibility index (Phi) is 2.91. The van der Waals surface area contributed by atoms with E-state index in [-0.39, 0.29) is 17.5 Å². The second-order valence-electron chi connectivity index (χ2n) is 4.62.